The summed E-state index contributed by atoms with van der Waals surface area (Å²) >= 11 is 1.09. The Kier molecular flexibility index (Phi) is 3.80. The number of hydrogen-bond acceptors (Lipinski definition) is 5. The molecule has 0 fully saturated rings. The molecule has 2 aromatic rings. The van der Waals surface area contributed by atoms with Gasteiger partial charge in [-0.05, 0) is 13.8 Å². The fraction of sp³-hybridized carbons (Fsp3) is 0.231. The molecule has 20 heavy (non-hydrogen) atoms. The van der Waals surface area contributed by atoms with Gasteiger partial charge in [0.05, 0.1) is 11.5 Å². The second-order valence-corrected chi connectivity index (χ2v) is 5.49. The van der Waals surface area contributed by atoms with E-state index in [-0.39, 0.29) is 28.5 Å². The van der Waals surface area contributed by atoms with Crippen molar-refractivity contribution in [3.05, 3.63) is 60.2 Å². The summed E-state index contributed by atoms with van der Waals surface area (Å²) in [5, 5.41) is 10.7. The molecule has 104 valence electrons. The fourth-order valence-corrected chi connectivity index (χ4v) is 2.63. The zero-order valence-electron chi connectivity index (χ0n) is 11.0. The molecule has 0 unspecified atom stereocenters. The number of carbonyl (C=O) groups excluding carboxylic acids is 1. The molecule has 0 atom stereocenters. The lowest BCUT2D eigenvalue weighted by Crippen LogP contribution is -2.20. The van der Waals surface area contributed by atoms with E-state index in [4.69, 9.17) is 0 Å². The number of nitrogens with zero attached hydrogens (tertiary/aromatic N) is 2. The normalized spacial score (nSPS) is 10.5. The van der Waals surface area contributed by atoms with Gasteiger partial charge in [-0.3, -0.25) is 24.3 Å². The van der Waals surface area contributed by atoms with Gasteiger partial charge >= 0.3 is 4.87 Å². The summed E-state index contributed by atoms with van der Waals surface area (Å²) in [6.45, 7) is 3.49. The van der Waals surface area contributed by atoms with Crippen LogP contribution in [0, 0.1) is 24.0 Å². The topological polar surface area (TPSA) is 82.2 Å². The van der Waals surface area contributed by atoms with Crippen LogP contribution in [0.1, 0.15) is 20.9 Å². The second-order valence-electron chi connectivity index (χ2n) is 4.33. The van der Waals surface area contributed by atoms with Crippen LogP contribution in [-0.4, -0.2) is 15.3 Å². The zero-order valence-corrected chi connectivity index (χ0v) is 11.8. The Morgan fingerprint density at radius 2 is 2.10 bits per heavy atom. The number of Topliss-reactive ketones (excluding diaryl/α,β-unsaturated/α-hetero) is 1. The van der Waals surface area contributed by atoms with E-state index in [1.807, 2.05) is 6.92 Å². The Morgan fingerprint density at radius 1 is 1.40 bits per heavy atom. The first-order valence-electron chi connectivity index (χ1n) is 5.84. The van der Waals surface area contributed by atoms with Crippen molar-refractivity contribution in [3.63, 3.8) is 0 Å². The first-order valence-corrected chi connectivity index (χ1v) is 6.66. The molecule has 0 radical (unpaired) electrons. The number of thiazole rings is 1. The van der Waals surface area contributed by atoms with Crippen molar-refractivity contribution in [3.8, 4) is 0 Å². The van der Waals surface area contributed by atoms with Gasteiger partial charge in [-0.1, -0.05) is 23.5 Å². The average Bonchev–Trinajstić information content (AvgIpc) is 2.65. The van der Waals surface area contributed by atoms with Crippen LogP contribution in [0.3, 0.4) is 0 Å². The van der Waals surface area contributed by atoms with E-state index < -0.39 is 4.92 Å². The van der Waals surface area contributed by atoms with Crippen LogP contribution >= 0.6 is 11.3 Å². The maximum absolute atomic E-state index is 12.1. The molecule has 0 aliphatic rings. The van der Waals surface area contributed by atoms with Gasteiger partial charge in [-0.25, -0.2) is 0 Å². The van der Waals surface area contributed by atoms with Crippen LogP contribution in [0.25, 0.3) is 0 Å². The maximum Gasteiger partial charge on any atom is 0.307 e. The molecular weight excluding hydrogens is 280 g/mol. The summed E-state index contributed by atoms with van der Waals surface area (Å²) in [6, 6.07) is 5.51. The standard InChI is InChI=1S/C13H12N2O4S/c1-8-9(2)20-13(17)14(8)7-12(16)10-4-3-5-11(6-10)15(18)19/h3-6H,7H2,1-2H3. The van der Waals surface area contributed by atoms with Gasteiger partial charge < -0.3 is 0 Å². The molecule has 0 aliphatic carbocycles. The first kappa shape index (κ1) is 14.1. The van der Waals surface area contributed by atoms with Crippen LogP contribution in [0.4, 0.5) is 5.69 Å². The van der Waals surface area contributed by atoms with E-state index in [1.165, 1.54) is 28.8 Å². The maximum atomic E-state index is 12.1. The van der Waals surface area contributed by atoms with E-state index in [0.29, 0.717) is 0 Å². The van der Waals surface area contributed by atoms with Gasteiger partial charge in [-0.15, -0.1) is 0 Å². The minimum absolute atomic E-state index is 0.101. The number of aromatic nitrogens is 1. The van der Waals surface area contributed by atoms with Crippen LogP contribution in [0.15, 0.2) is 29.1 Å². The predicted octanol–water partition coefficient (Wildman–Crippen LogP) is 2.32. The third-order valence-electron chi connectivity index (χ3n) is 3.06. The van der Waals surface area contributed by atoms with Crippen molar-refractivity contribution < 1.29 is 9.72 Å². The smallest absolute Gasteiger partial charge is 0.295 e. The molecule has 0 bridgehead atoms. The van der Waals surface area contributed by atoms with Gasteiger partial charge in [-0.2, -0.15) is 0 Å². The van der Waals surface area contributed by atoms with Crippen molar-refractivity contribution in [1.29, 1.82) is 0 Å². The fourth-order valence-electron chi connectivity index (χ4n) is 1.80. The van der Waals surface area contributed by atoms with Crippen molar-refractivity contribution >= 4 is 22.8 Å². The molecule has 1 aromatic heterocycles. The van der Waals surface area contributed by atoms with Crippen molar-refractivity contribution in [2.45, 2.75) is 20.4 Å². The number of benzene rings is 1. The number of nitro groups is 1. The van der Waals surface area contributed by atoms with Gasteiger partial charge in [0.2, 0.25) is 0 Å². The molecule has 2 rings (SSSR count). The van der Waals surface area contributed by atoms with Crippen LogP contribution < -0.4 is 4.87 Å². The highest BCUT2D eigenvalue weighted by Gasteiger charge is 2.15. The number of non-ortho nitro benzene ring substituents is 1. The average molecular weight is 292 g/mol. The second kappa shape index (κ2) is 5.38. The summed E-state index contributed by atoms with van der Waals surface area (Å²) in [6.07, 6.45) is 0. The number of hydrogen-bond donors (Lipinski definition) is 0. The van der Waals surface area contributed by atoms with Crippen molar-refractivity contribution in [1.82, 2.24) is 4.57 Å². The third-order valence-corrected chi connectivity index (χ3v) is 4.05. The number of carbonyl (C=O) groups is 1. The minimum Gasteiger partial charge on any atom is -0.295 e. The van der Waals surface area contributed by atoms with E-state index >= 15 is 0 Å². The van der Waals surface area contributed by atoms with E-state index in [9.17, 15) is 19.7 Å². The molecule has 0 saturated carbocycles. The number of ketones is 1. The Labute approximate surface area is 118 Å². The molecule has 0 amide bonds. The first-order chi connectivity index (χ1) is 9.40. The summed E-state index contributed by atoms with van der Waals surface area (Å²) in [5.74, 6) is -0.322. The van der Waals surface area contributed by atoms with Gasteiger partial charge in [0.1, 0.15) is 0 Å². The number of nitro benzene ring substituents is 1. The highest BCUT2D eigenvalue weighted by molar-refractivity contribution is 7.09. The summed E-state index contributed by atoms with van der Waals surface area (Å²) < 4.78 is 1.39. The molecular formula is C13H12N2O4S. The lowest BCUT2D eigenvalue weighted by atomic mass is 10.1. The molecule has 1 aromatic carbocycles. The molecule has 6 nitrogen and oxygen atoms in total. The number of aryl methyl sites for hydroxylation is 1. The lowest BCUT2D eigenvalue weighted by Gasteiger charge is -2.04. The molecule has 7 heteroatoms. The highest BCUT2D eigenvalue weighted by atomic mass is 32.1. The Bertz CT molecular complexity index is 745. The lowest BCUT2D eigenvalue weighted by molar-refractivity contribution is -0.384. The van der Waals surface area contributed by atoms with Crippen LogP contribution in [0.5, 0.6) is 0 Å². The van der Waals surface area contributed by atoms with Gasteiger partial charge in [0.15, 0.2) is 5.78 Å². The van der Waals surface area contributed by atoms with Crippen LogP contribution in [0.2, 0.25) is 0 Å². The molecule has 0 saturated heterocycles. The SMILES string of the molecule is Cc1sc(=O)n(CC(=O)c2cccc([N+](=O)[O-])c2)c1C. The van der Waals surface area contributed by atoms with Crippen molar-refractivity contribution in [2.75, 3.05) is 0 Å². The molecule has 0 spiro atoms. The third kappa shape index (κ3) is 2.67. The molecule has 0 aliphatic heterocycles. The summed E-state index contributed by atoms with van der Waals surface area (Å²) in [7, 11) is 0. The monoisotopic (exact) mass is 292 g/mol. The zero-order chi connectivity index (χ0) is 14.9. The summed E-state index contributed by atoms with van der Waals surface area (Å²) in [4.78, 5) is 34.6. The van der Waals surface area contributed by atoms with Crippen molar-refractivity contribution in [2.24, 2.45) is 0 Å². The Hall–Kier alpha value is -2.28. The quantitative estimate of drug-likeness (QED) is 0.492. The van der Waals surface area contributed by atoms with E-state index in [2.05, 4.69) is 0 Å². The highest BCUT2D eigenvalue weighted by Crippen LogP contribution is 2.15. The predicted molar refractivity (Wildman–Crippen MR) is 75.5 cm³/mol. The van der Waals surface area contributed by atoms with E-state index in [0.717, 1.165) is 21.9 Å². The Balaban J connectivity index is 2.31. The summed E-state index contributed by atoms with van der Waals surface area (Å²) in [5.41, 5.74) is 0.842. The van der Waals surface area contributed by atoms with Gasteiger partial charge in [0.25, 0.3) is 5.69 Å². The van der Waals surface area contributed by atoms with E-state index in [1.54, 1.807) is 6.92 Å². The minimum atomic E-state index is -0.553. The molecule has 0 N–H and O–H groups in total. The van der Waals surface area contributed by atoms with Gasteiger partial charge in [0, 0.05) is 28.3 Å². The number of rotatable bonds is 4. The Morgan fingerprint density at radius 3 is 2.65 bits per heavy atom. The molecule has 1 heterocycles. The van der Waals surface area contributed by atoms with Crippen LogP contribution in [-0.2, 0) is 6.54 Å². The largest absolute Gasteiger partial charge is 0.307 e.